The maximum Gasteiger partial charge on any atom is 0.228 e. The first kappa shape index (κ1) is 19.5. The van der Waals surface area contributed by atoms with E-state index in [2.05, 4.69) is 37.3 Å². The van der Waals surface area contributed by atoms with Crippen LogP contribution in [-0.4, -0.2) is 38.0 Å². The number of nitrogens with zero attached hydrogens (tertiary/aromatic N) is 4. The average molecular weight is 411 g/mol. The van der Waals surface area contributed by atoms with Crippen LogP contribution in [0, 0.1) is 0 Å². The van der Waals surface area contributed by atoms with Crippen LogP contribution in [0.4, 0.5) is 0 Å². The lowest BCUT2D eigenvalue weighted by molar-refractivity contribution is -0.133. The first-order valence-corrected chi connectivity index (χ1v) is 11.0. The molecule has 3 heterocycles. The van der Waals surface area contributed by atoms with Crippen molar-refractivity contribution in [1.82, 2.24) is 19.5 Å². The number of carbonyl (C=O) groups is 1. The molecular weight excluding hydrogens is 384 g/mol. The predicted molar refractivity (Wildman–Crippen MR) is 123 cm³/mol. The summed E-state index contributed by atoms with van der Waals surface area (Å²) < 4.78 is 1.87. The van der Waals surface area contributed by atoms with Gasteiger partial charge in [0, 0.05) is 29.8 Å². The molecule has 156 valence electrons. The highest BCUT2D eigenvalue weighted by Gasteiger charge is 2.24. The third-order valence-electron chi connectivity index (χ3n) is 6.07. The van der Waals surface area contributed by atoms with Gasteiger partial charge in [-0.2, -0.15) is 5.10 Å². The summed E-state index contributed by atoms with van der Waals surface area (Å²) >= 11 is 0. The molecule has 0 aliphatic carbocycles. The van der Waals surface area contributed by atoms with E-state index in [1.54, 1.807) is 0 Å². The number of fused-ring (bicyclic) bond motifs is 1. The van der Waals surface area contributed by atoms with Crippen molar-refractivity contribution in [2.24, 2.45) is 0 Å². The lowest BCUT2D eigenvalue weighted by Crippen LogP contribution is -2.42. The van der Waals surface area contributed by atoms with Crippen molar-refractivity contribution < 1.29 is 4.79 Å². The summed E-state index contributed by atoms with van der Waals surface area (Å²) in [6.07, 6.45) is 3.67. The summed E-state index contributed by atoms with van der Waals surface area (Å²) in [5.74, 6) is 0.153. The van der Waals surface area contributed by atoms with Gasteiger partial charge in [0.2, 0.25) is 5.91 Å². The Morgan fingerprint density at radius 3 is 2.39 bits per heavy atom. The van der Waals surface area contributed by atoms with E-state index < -0.39 is 0 Å². The molecule has 2 aromatic heterocycles. The van der Waals surface area contributed by atoms with Crippen LogP contribution in [0.2, 0.25) is 0 Å². The zero-order chi connectivity index (χ0) is 21.2. The zero-order valence-electron chi connectivity index (χ0n) is 17.7. The van der Waals surface area contributed by atoms with Crippen molar-refractivity contribution in [2.45, 2.75) is 38.6 Å². The first-order chi connectivity index (χ1) is 15.2. The Balaban J connectivity index is 1.56. The molecule has 2 aromatic carbocycles. The number of amides is 1. The number of aromatic nitrogens is 3. The smallest absolute Gasteiger partial charge is 0.228 e. The van der Waals surface area contributed by atoms with Crippen LogP contribution in [0.3, 0.4) is 0 Å². The second-order valence-corrected chi connectivity index (χ2v) is 8.27. The molecule has 1 aliphatic rings. The number of carbonyl (C=O) groups excluding carboxylic acids is 1. The van der Waals surface area contributed by atoms with Crippen molar-refractivity contribution >= 4 is 11.6 Å². The molecule has 0 radical (unpaired) electrons. The predicted octanol–water partition coefficient (Wildman–Crippen LogP) is 5.01. The van der Waals surface area contributed by atoms with E-state index in [0.29, 0.717) is 12.5 Å². The monoisotopic (exact) mass is 410 g/mol. The van der Waals surface area contributed by atoms with Crippen LogP contribution in [0.1, 0.15) is 31.9 Å². The topological polar surface area (TPSA) is 50.5 Å². The van der Waals surface area contributed by atoms with Gasteiger partial charge >= 0.3 is 0 Å². The van der Waals surface area contributed by atoms with Crippen LogP contribution in [-0.2, 0) is 11.2 Å². The van der Waals surface area contributed by atoms with E-state index in [-0.39, 0.29) is 5.91 Å². The third-order valence-corrected chi connectivity index (χ3v) is 6.07. The summed E-state index contributed by atoms with van der Waals surface area (Å²) in [5.41, 5.74) is 5.51. The first-order valence-electron chi connectivity index (χ1n) is 11.0. The molecule has 4 aromatic rings. The largest absolute Gasteiger partial charge is 0.340 e. The second kappa shape index (κ2) is 8.34. The van der Waals surface area contributed by atoms with Gasteiger partial charge in [0.1, 0.15) is 0 Å². The van der Waals surface area contributed by atoms with Gasteiger partial charge in [-0.05, 0) is 32.3 Å². The average Bonchev–Trinajstić information content (AvgIpc) is 3.22. The van der Waals surface area contributed by atoms with Crippen molar-refractivity contribution in [3.8, 4) is 22.5 Å². The Morgan fingerprint density at radius 1 is 0.968 bits per heavy atom. The molecule has 1 amide bonds. The molecule has 1 unspecified atom stereocenters. The van der Waals surface area contributed by atoms with Gasteiger partial charge in [-0.1, -0.05) is 60.7 Å². The fourth-order valence-corrected chi connectivity index (χ4v) is 4.40. The summed E-state index contributed by atoms with van der Waals surface area (Å²) in [7, 11) is 0. The van der Waals surface area contributed by atoms with Gasteiger partial charge in [0.05, 0.1) is 23.5 Å². The van der Waals surface area contributed by atoms with Crippen molar-refractivity contribution in [3.05, 3.63) is 78.5 Å². The number of benzene rings is 2. The molecule has 0 N–H and O–H groups in total. The van der Waals surface area contributed by atoms with E-state index in [4.69, 9.17) is 10.1 Å². The van der Waals surface area contributed by atoms with E-state index in [1.165, 1.54) is 6.42 Å². The van der Waals surface area contributed by atoms with Crippen LogP contribution < -0.4 is 0 Å². The number of likely N-dealkylation sites (tertiary alicyclic amines) is 1. The Kier molecular flexibility index (Phi) is 5.24. The normalized spacial score (nSPS) is 16.5. The lowest BCUT2D eigenvalue weighted by atomic mass is 10.0. The van der Waals surface area contributed by atoms with Crippen LogP contribution in [0.15, 0.2) is 72.8 Å². The summed E-state index contributed by atoms with van der Waals surface area (Å²) in [6.45, 7) is 2.99. The second-order valence-electron chi connectivity index (χ2n) is 8.27. The van der Waals surface area contributed by atoms with Crippen LogP contribution >= 0.6 is 0 Å². The quantitative estimate of drug-likeness (QED) is 0.475. The van der Waals surface area contributed by atoms with E-state index in [1.807, 2.05) is 51.9 Å². The SMILES string of the molecule is CC1CCCCN1C(=O)Cc1cc2nc(-c3ccccc3)cc(-c3ccccc3)n2n1. The zero-order valence-corrected chi connectivity index (χ0v) is 17.7. The molecule has 5 heteroatoms. The molecule has 31 heavy (non-hydrogen) atoms. The fourth-order valence-electron chi connectivity index (χ4n) is 4.40. The summed E-state index contributed by atoms with van der Waals surface area (Å²) in [5, 5.41) is 4.79. The minimum Gasteiger partial charge on any atom is -0.340 e. The Hall–Kier alpha value is -3.47. The number of rotatable bonds is 4. The van der Waals surface area contributed by atoms with Gasteiger partial charge in [-0.3, -0.25) is 4.79 Å². The van der Waals surface area contributed by atoms with Crippen molar-refractivity contribution in [2.75, 3.05) is 6.54 Å². The minimum absolute atomic E-state index is 0.153. The van der Waals surface area contributed by atoms with Crippen molar-refractivity contribution in [3.63, 3.8) is 0 Å². The Bertz CT molecular complexity index is 1200. The van der Waals surface area contributed by atoms with Gasteiger partial charge in [-0.15, -0.1) is 0 Å². The van der Waals surface area contributed by atoms with E-state index in [9.17, 15) is 4.79 Å². The standard InChI is InChI=1S/C26H26N4O/c1-19-10-8-9-15-29(19)26(31)17-22-16-25-27-23(20-11-4-2-5-12-20)18-24(30(25)28-22)21-13-6-3-7-14-21/h2-7,11-14,16,18-19H,8-10,15,17H2,1H3. The molecule has 5 nitrogen and oxygen atoms in total. The third kappa shape index (κ3) is 3.96. The number of piperidine rings is 1. The molecule has 1 fully saturated rings. The fraction of sp³-hybridized carbons (Fsp3) is 0.269. The van der Waals surface area contributed by atoms with Crippen LogP contribution in [0.25, 0.3) is 28.2 Å². The van der Waals surface area contributed by atoms with Gasteiger partial charge in [0.25, 0.3) is 0 Å². The van der Waals surface area contributed by atoms with E-state index >= 15 is 0 Å². The van der Waals surface area contributed by atoms with Crippen molar-refractivity contribution in [1.29, 1.82) is 0 Å². The Morgan fingerprint density at radius 2 is 1.68 bits per heavy atom. The highest BCUT2D eigenvalue weighted by atomic mass is 16.2. The minimum atomic E-state index is 0.153. The molecule has 5 rings (SSSR count). The van der Waals surface area contributed by atoms with Gasteiger partial charge < -0.3 is 4.90 Å². The summed E-state index contributed by atoms with van der Waals surface area (Å²) in [4.78, 5) is 19.8. The number of hydrogen-bond acceptors (Lipinski definition) is 3. The molecular formula is C26H26N4O. The maximum atomic E-state index is 13.0. The maximum absolute atomic E-state index is 13.0. The van der Waals surface area contributed by atoms with Crippen LogP contribution in [0.5, 0.6) is 0 Å². The molecule has 1 atom stereocenters. The molecule has 0 bridgehead atoms. The number of hydrogen-bond donors (Lipinski definition) is 0. The lowest BCUT2D eigenvalue weighted by Gasteiger charge is -2.33. The Labute approximate surface area is 182 Å². The molecule has 0 saturated carbocycles. The molecule has 1 saturated heterocycles. The molecule has 0 spiro atoms. The molecule has 1 aliphatic heterocycles. The van der Waals surface area contributed by atoms with Gasteiger partial charge in [0.15, 0.2) is 5.65 Å². The highest BCUT2D eigenvalue weighted by molar-refractivity contribution is 5.79. The summed E-state index contributed by atoms with van der Waals surface area (Å²) in [6, 6.07) is 24.7. The van der Waals surface area contributed by atoms with Gasteiger partial charge in [-0.25, -0.2) is 9.50 Å². The van der Waals surface area contributed by atoms with E-state index in [0.717, 1.165) is 53.2 Å². The highest BCUT2D eigenvalue weighted by Crippen LogP contribution is 2.27.